The van der Waals surface area contributed by atoms with Crippen molar-refractivity contribution in [1.82, 2.24) is 4.98 Å². The van der Waals surface area contributed by atoms with E-state index in [0.29, 0.717) is 20.4 Å². The minimum Gasteiger partial charge on any atom is -0.395 e. The first kappa shape index (κ1) is 20.5. The molecule has 22 heavy (non-hydrogen) atoms. The quantitative estimate of drug-likeness (QED) is 0.529. The molecular formula is C17H28AlBrClNO. The summed E-state index contributed by atoms with van der Waals surface area (Å²) in [6, 6.07) is 3.61. The minimum absolute atomic E-state index is 0.121. The van der Waals surface area contributed by atoms with Gasteiger partial charge in [0.05, 0.1) is 12.3 Å². The van der Waals surface area contributed by atoms with Gasteiger partial charge in [0.15, 0.2) is 0 Å². The van der Waals surface area contributed by atoms with Crippen LogP contribution in [0, 0.1) is 11.8 Å². The van der Waals surface area contributed by atoms with Crippen molar-refractivity contribution >= 4 is 42.8 Å². The Morgan fingerprint density at radius 1 is 1.23 bits per heavy atom. The molecule has 1 N–H and O–H groups in total. The van der Waals surface area contributed by atoms with Crippen LogP contribution in [0.2, 0.25) is 15.7 Å². The lowest BCUT2D eigenvalue weighted by atomic mass is 10.0. The first-order valence-corrected chi connectivity index (χ1v) is 11.4. The van der Waals surface area contributed by atoms with E-state index in [4.69, 9.17) is 11.6 Å². The van der Waals surface area contributed by atoms with Crippen molar-refractivity contribution in [2.75, 3.05) is 6.61 Å². The number of aliphatic hydroxyl groups is 1. The normalized spacial score (nSPS) is 15.5. The van der Waals surface area contributed by atoms with Crippen LogP contribution in [0.1, 0.15) is 46.2 Å². The predicted molar refractivity (Wildman–Crippen MR) is 101 cm³/mol. The Kier molecular flexibility index (Phi) is 8.97. The summed E-state index contributed by atoms with van der Waals surface area (Å²) in [5.74, 6) is 1.91. The topological polar surface area (TPSA) is 33.1 Å². The smallest absolute Gasteiger partial charge is 0.237 e. The summed E-state index contributed by atoms with van der Waals surface area (Å²) in [5.41, 5.74) is 0.770. The lowest BCUT2D eigenvalue weighted by molar-refractivity contribution is 0.252. The van der Waals surface area contributed by atoms with Crippen LogP contribution in [0.4, 0.5) is 0 Å². The van der Waals surface area contributed by atoms with Gasteiger partial charge in [-0.25, -0.2) is 4.98 Å². The highest BCUT2D eigenvalue weighted by Crippen LogP contribution is 2.49. The van der Waals surface area contributed by atoms with Gasteiger partial charge in [0.1, 0.15) is 5.15 Å². The van der Waals surface area contributed by atoms with Gasteiger partial charge in [-0.3, -0.25) is 0 Å². The Bertz CT molecular complexity index is 456. The molecule has 0 saturated heterocycles. The van der Waals surface area contributed by atoms with Crippen LogP contribution in [0.5, 0.6) is 0 Å². The average Bonchev–Trinajstić information content (AvgIpc) is 3.22. The zero-order valence-corrected chi connectivity index (χ0v) is 18.0. The first-order chi connectivity index (χ1) is 10.3. The molecule has 0 aromatic carbocycles. The van der Waals surface area contributed by atoms with Crippen LogP contribution in [0.3, 0.4) is 0 Å². The van der Waals surface area contributed by atoms with Crippen LogP contribution < -0.4 is 0 Å². The van der Waals surface area contributed by atoms with Crippen molar-refractivity contribution < 1.29 is 5.11 Å². The van der Waals surface area contributed by atoms with Crippen molar-refractivity contribution in [3.63, 3.8) is 0 Å². The van der Waals surface area contributed by atoms with Crippen molar-refractivity contribution in [2.24, 2.45) is 11.8 Å². The third-order valence-electron chi connectivity index (χ3n) is 4.03. The summed E-state index contributed by atoms with van der Waals surface area (Å²) in [6.07, 6.45) is 1.99. The van der Waals surface area contributed by atoms with E-state index in [-0.39, 0.29) is 12.0 Å². The van der Waals surface area contributed by atoms with Crippen LogP contribution >= 0.6 is 27.5 Å². The molecule has 1 aromatic rings. The third kappa shape index (κ3) is 6.89. The van der Waals surface area contributed by atoms with Gasteiger partial charge in [0.2, 0.25) is 15.2 Å². The van der Waals surface area contributed by atoms with Crippen LogP contribution in [-0.4, -0.2) is 31.9 Å². The highest BCUT2D eigenvalue weighted by molar-refractivity contribution is 9.10. The maximum atomic E-state index is 9.22. The Labute approximate surface area is 154 Å². The molecule has 0 atom stereocenters. The highest BCUT2D eigenvalue weighted by Gasteiger charge is 2.46. The molecule has 0 radical (unpaired) electrons. The van der Waals surface area contributed by atoms with Gasteiger partial charge < -0.3 is 5.11 Å². The summed E-state index contributed by atoms with van der Waals surface area (Å²) in [6.45, 7) is 9.46. The van der Waals surface area contributed by atoms with E-state index in [0.717, 1.165) is 34.8 Å². The van der Waals surface area contributed by atoms with E-state index in [9.17, 15) is 5.11 Å². The maximum absolute atomic E-state index is 9.22. The molecule has 1 aliphatic rings. The van der Waals surface area contributed by atoms with Crippen LogP contribution in [0.15, 0.2) is 16.6 Å². The molecule has 1 aliphatic carbocycles. The minimum atomic E-state index is -0.121. The summed E-state index contributed by atoms with van der Waals surface area (Å²) >= 11 is 9.53. The average molecular weight is 405 g/mol. The standard InChI is InChI=1S/C9H9BrClNO.2C4H9.Al.H/c10-6-1-2-7(11)12-8(6)9(5-13)3-4-9;2*1-4(2)3;;/h1-2,13H,3-5H2;2*4H,1H2,2-3H3;;. The summed E-state index contributed by atoms with van der Waals surface area (Å²) in [7, 11) is 0. The van der Waals surface area contributed by atoms with E-state index in [1.54, 1.807) is 6.07 Å². The van der Waals surface area contributed by atoms with Crippen molar-refractivity contribution in [2.45, 2.75) is 56.5 Å². The first-order valence-electron chi connectivity index (χ1n) is 8.24. The molecule has 0 aliphatic heterocycles. The van der Waals surface area contributed by atoms with Gasteiger partial charge in [0.25, 0.3) is 0 Å². The van der Waals surface area contributed by atoms with Gasteiger partial charge in [-0.1, -0.05) is 61.7 Å². The van der Waals surface area contributed by atoms with Gasteiger partial charge in [-0.15, -0.1) is 0 Å². The van der Waals surface area contributed by atoms with Crippen molar-refractivity contribution in [1.29, 1.82) is 0 Å². The number of halogens is 2. The molecule has 1 saturated carbocycles. The largest absolute Gasteiger partial charge is 0.395 e. The van der Waals surface area contributed by atoms with E-state index in [1.807, 2.05) is 6.07 Å². The number of aliphatic hydroxyl groups excluding tert-OH is 1. The van der Waals surface area contributed by atoms with Gasteiger partial charge in [0, 0.05) is 9.89 Å². The predicted octanol–water partition coefficient (Wildman–Crippen LogP) is 5.09. The third-order valence-corrected chi connectivity index (χ3v) is 8.01. The molecule has 124 valence electrons. The molecule has 0 amide bonds. The molecular weight excluding hydrogens is 377 g/mol. The zero-order valence-electron chi connectivity index (χ0n) is 14.2. The number of rotatable bonds is 6. The van der Waals surface area contributed by atoms with Crippen LogP contribution in [0.25, 0.3) is 0 Å². The highest BCUT2D eigenvalue weighted by atomic mass is 79.9. The molecule has 0 spiro atoms. The van der Waals surface area contributed by atoms with E-state index in [1.165, 1.54) is 10.6 Å². The second-order valence-electron chi connectivity index (χ2n) is 7.12. The summed E-state index contributed by atoms with van der Waals surface area (Å²) in [5, 5.41) is 12.8. The number of pyridine rings is 1. The maximum Gasteiger partial charge on any atom is 0.237 e. The Morgan fingerprint density at radius 2 is 1.77 bits per heavy atom. The summed E-state index contributed by atoms with van der Waals surface area (Å²) in [4.78, 5) is 4.24. The number of hydrogen-bond acceptors (Lipinski definition) is 2. The fourth-order valence-electron chi connectivity index (χ4n) is 2.35. The molecule has 1 heterocycles. The lowest BCUT2D eigenvalue weighted by Gasteiger charge is -2.12. The van der Waals surface area contributed by atoms with E-state index >= 15 is 0 Å². The molecule has 0 bridgehead atoms. The van der Waals surface area contributed by atoms with Gasteiger partial charge in [-0.05, 0) is 40.9 Å². The molecule has 0 unspecified atom stereocenters. The molecule has 1 aromatic heterocycles. The Balaban J connectivity index is 0.000000239. The molecule has 2 rings (SSSR count). The van der Waals surface area contributed by atoms with Gasteiger partial charge >= 0.3 is 0 Å². The number of hydrogen-bond donors (Lipinski definition) is 1. The molecule has 5 heteroatoms. The fraction of sp³-hybridized carbons (Fsp3) is 0.706. The second kappa shape index (κ2) is 9.65. The van der Waals surface area contributed by atoms with E-state index in [2.05, 4.69) is 48.6 Å². The van der Waals surface area contributed by atoms with E-state index < -0.39 is 0 Å². The van der Waals surface area contributed by atoms with Gasteiger partial charge in [-0.2, -0.15) is 0 Å². The molecule has 1 fully saturated rings. The SMILES string of the molecule is CC(C)[CH2][AlH][CH2]C(C)C.OCC1(c2nc(Cl)ccc2Br)CC1. The number of nitrogens with zero attached hydrogens (tertiary/aromatic N) is 1. The zero-order chi connectivity index (χ0) is 16.8. The van der Waals surface area contributed by atoms with Crippen LogP contribution in [-0.2, 0) is 5.41 Å². The monoisotopic (exact) mass is 403 g/mol. The van der Waals surface area contributed by atoms with Crippen molar-refractivity contribution in [3.05, 3.63) is 27.5 Å². The Morgan fingerprint density at radius 3 is 2.18 bits per heavy atom. The second-order valence-corrected chi connectivity index (χ2v) is 10.2. The Hall–Kier alpha value is 0.412. The lowest BCUT2D eigenvalue weighted by Crippen LogP contribution is -2.14. The molecule has 2 nitrogen and oxygen atoms in total. The number of aromatic nitrogens is 1. The van der Waals surface area contributed by atoms with Crippen molar-refractivity contribution in [3.8, 4) is 0 Å². The summed E-state index contributed by atoms with van der Waals surface area (Å²) < 4.78 is 0.934. The fourth-order valence-corrected chi connectivity index (χ4v) is 5.00.